The highest BCUT2D eigenvalue weighted by Crippen LogP contribution is 2.33. The summed E-state index contributed by atoms with van der Waals surface area (Å²) in [6.07, 6.45) is 1.42. The first-order valence-electron chi connectivity index (χ1n) is 9.67. The molecule has 0 radical (unpaired) electrons. The number of aromatic nitrogens is 1. The summed E-state index contributed by atoms with van der Waals surface area (Å²) in [6, 6.07) is 13.6. The number of likely N-dealkylation sites (tertiary alicyclic amines) is 1. The van der Waals surface area contributed by atoms with Crippen LogP contribution in [0.5, 0.6) is 0 Å². The van der Waals surface area contributed by atoms with Crippen LogP contribution >= 0.6 is 0 Å². The molecule has 0 bridgehead atoms. The number of rotatable bonds is 2. The number of hydrogen-bond acceptors (Lipinski definition) is 5. The van der Waals surface area contributed by atoms with E-state index in [1.807, 2.05) is 54.3 Å². The van der Waals surface area contributed by atoms with Crippen LogP contribution in [-0.4, -0.2) is 48.1 Å². The maximum absolute atomic E-state index is 13.1. The van der Waals surface area contributed by atoms with Gasteiger partial charge in [0.25, 0.3) is 5.91 Å². The van der Waals surface area contributed by atoms with Crippen LogP contribution in [0, 0.1) is 6.92 Å². The van der Waals surface area contributed by atoms with Crippen LogP contribution in [-0.2, 0) is 9.47 Å². The van der Waals surface area contributed by atoms with Crippen molar-refractivity contribution in [3.8, 4) is 11.3 Å². The minimum atomic E-state index is -0.478. The standard InChI is InChI=1S/C22H22N2O4/c1-15-2-4-16(5-3-15)20-18-14-17(6-7-19(18)23-28-20)21(25)24-10-8-22(9-11-24)26-12-13-27-22/h2-7,14H,8-13H2,1H3. The number of hydrogen-bond donors (Lipinski definition) is 0. The molecule has 144 valence electrons. The Balaban J connectivity index is 1.41. The van der Waals surface area contributed by atoms with Crippen LogP contribution in [0.3, 0.4) is 0 Å². The van der Waals surface area contributed by atoms with E-state index in [4.69, 9.17) is 14.0 Å². The summed E-state index contributed by atoms with van der Waals surface area (Å²) in [5, 5.41) is 5.00. The Morgan fingerprint density at radius 3 is 2.46 bits per heavy atom. The Hall–Kier alpha value is -2.70. The van der Waals surface area contributed by atoms with Crippen LogP contribution in [0.15, 0.2) is 47.0 Å². The second kappa shape index (κ2) is 6.72. The number of fused-ring (bicyclic) bond motifs is 1. The molecule has 6 nitrogen and oxygen atoms in total. The number of amides is 1. The molecule has 3 aromatic rings. The van der Waals surface area contributed by atoms with Crippen LogP contribution in [0.25, 0.3) is 22.2 Å². The van der Waals surface area contributed by atoms with Crippen molar-refractivity contribution in [1.82, 2.24) is 10.1 Å². The van der Waals surface area contributed by atoms with Gasteiger partial charge in [0.1, 0.15) is 5.52 Å². The molecular weight excluding hydrogens is 356 g/mol. The zero-order chi connectivity index (χ0) is 19.1. The summed E-state index contributed by atoms with van der Waals surface area (Å²) < 4.78 is 17.1. The van der Waals surface area contributed by atoms with Gasteiger partial charge in [-0.05, 0) is 25.1 Å². The number of aryl methyl sites for hydroxylation is 1. The zero-order valence-electron chi connectivity index (χ0n) is 15.8. The average Bonchev–Trinajstić information content (AvgIpc) is 3.35. The van der Waals surface area contributed by atoms with Crippen molar-refractivity contribution < 1.29 is 18.8 Å². The van der Waals surface area contributed by atoms with Crippen molar-refractivity contribution in [2.24, 2.45) is 0 Å². The molecule has 2 fully saturated rings. The van der Waals surface area contributed by atoms with E-state index in [1.165, 1.54) is 5.56 Å². The average molecular weight is 378 g/mol. The van der Waals surface area contributed by atoms with Gasteiger partial charge in [0.05, 0.1) is 18.6 Å². The number of piperidine rings is 1. The van der Waals surface area contributed by atoms with Crippen LogP contribution in [0.2, 0.25) is 0 Å². The van der Waals surface area contributed by atoms with Gasteiger partial charge < -0.3 is 18.9 Å². The Morgan fingerprint density at radius 2 is 1.75 bits per heavy atom. The molecule has 1 aromatic heterocycles. The highest BCUT2D eigenvalue weighted by molar-refractivity contribution is 6.01. The number of carbonyl (C=O) groups excluding carboxylic acids is 1. The molecular formula is C22H22N2O4. The van der Waals surface area contributed by atoms with Crippen LogP contribution < -0.4 is 0 Å². The van der Waals surface area contributed by atoms with E-state index in [2.05, 4.69) is 5.16 Å². The van der Waals surface area contributed by atoms with Gasteiger partial charge in [0, 0.05) is 37.1 Å². The summed E-state index contributed by atoms with van der Waals surface area (Å²) in [5.74, 6) is 0.231. The Morgan fingerprint density at radius 1 is 1.04 bits per heavy atom. The molecule has 0 aliphatic carbocycles. The third-order valence-corrected chi connectivity index (χ3v) is 5.66. The second-order valence-electron chi connectivity index (χ2n) is 7.51. The van der Waals surface area contributed by atoms with Gasteiger partial charge in [-0.1, -0.05) is 35.0 Å². The lowest BCUT2D eigenvalue weighted by Gasteiger charge is -2.37. The van der Waals surface area contributed by atoms with E-state index in [1.54, 1.807) is 0 Å². The second-order valence-corrected chi connectivity index (χ2v) is 7.51. The first-order chi connectivity index (χ1) is 13.6. The fourth-order valence-corrected chi connectivity index (χ4v) is 4.01. The van der Waals surface area contributed by atoms with E-state index < -0.39 is 5.79 Å². The SMILES string of the molecule is Cc1ccc(-c2onc3ccc(C(=O)N4CCC5(CC4)OCCO5)cc23)cc1. The molecule has 1 spiro atoms. The maximum Gasteiger partial charge on any atom is 0.253 e. The van der Waals surface area contributed by atoms with Crippen molar-refractivity contribution in [2.45, 2.75) is 25.6 Å². The molecule has 1 amide bonds. The highest BCUT2D eigenvalue weighted by atomic mass is 16.7. The highest BCUT2D eigenvalue weighted by Gasteiger charge is 2.40. The topological polar surface area (TPSA) is 64.8 Å². The largest absolute Gasteiger partial charge is 0.355 e. The first-order valence-corrected chi connectivity index (χ1v) is 9.67. The summed E-state index contributed by atoms with van der Waals surface area (Å²) >= 11 is 0. The van der Waals surface area contributed by atoms with Crippen LogP contribution in [0.4, 0.5) is 0 Å². The van der Waals surface area contributed by atoms with E-state index in [-0.39, 0.29) is 5.91 Å². The third-order valence-electron chi connectivity index (χ3n) is 5.66. The molecule has 2 saturated heterocycles. The molecule has 0 saturated carbocycles. The molecule has 3 heterocycles. The number of ether oxygens (including phenoxy) is 2. The number of benzene rings is 2. The maximum atomic E-state index is 13.1. The van der Waals surface area contributed by atoms with E-state index in [9.17, 15) is 4.79 Å². The number of carbonyl (C=O) groups is 1. The summed E-state index contributed by atoms with van der Waals surface area (Å²) in [4.78, 5) is 14.9. The van der Waals surface area contributed by atoms with Crippen molar-refractivity contribution in [2.75, 3.05) is 26.3 Å². The van der Waals surface area contributed by atoms with Gasteiger partial charge in [-0.15, -0.1) is 0 Å². The third kappa shape index (κ3) is 2.99. The van der Waals surface area contributed by atoms with E-state index in [0.717, 1.165) is 16.5 Å². The Labute approximate surface area is 163 Å². The fraction of sp³-hybridized carbons (Fsp3) is 0.364. The molecule has 5 rings (SSSR count). The quantitative estimate of drug-likeness (QED) is 0.679. The molecule has 0 unspecified atom stereocenters. The molecule has 6 heteroatoms. The van der Waals surface area contributed by atoms with Crippen molar-refractivity contribution in [3.63, 3.8) is 0 Å². The lowest BCUT2D eigenvalue weighted by atomic mass is 10.0. The fourth-order valence-electron chi connectivity index (χ4n) is 4.01. The van der Waals surface area contributed by atoms with Gasteiger partial charge >= 0.3 is 0 Å². The van der Waals surface area contributed by atoms with Crippen molar-refractivity contribution >= 4 is 16.8 Å². The van der Waals surface area contributed by atoms with Gasteiger partial charge in [0.15, 0.2) is 11.5 Å². The summed E-state index contributed by atoms with van der Waals surface area (Å²) in [6.45, 7) is 4.58. The van der Waals surface area contributed by atoms with Crippen molar-refractivity contribution in [1.29, 1.82) is 0 Å². The normalized spacial score (nSPS) is 18.8. The first kappa shape index (κ1) is 17.4. The number of nitrogens with zero attached hydrogens (tertiary/aromatic N) is 2. The molecule has 2 aromatic carbocycles. The molecule has 2 aliphatic heterocycles. The van der Waals surface area contributed by atoms with Gasteiger partial charge in [0.2, 0.25) is 0 Å². The molecule has 0 N–H and O–H groups in total. The molecule has 0 atom stereocenters. The molecule has 28 heavy (non-hydrogen) atoms. The van der Waals surface area contributed by atoms with Crippen molar-refractivity contribution in [3.05, 3.63) is 53.6 Å². The molecule has 2 aliphatic rings. The van der Waals surface area contributed by atoms with E-state index >= 15 is 0 Å². The van der Waals surface area contributed by atoms with Gasteiger partial charge in [-0.25, -0.2) is 0 Å². The van der Waals surface area contributed by atoms with Crippen LogP contribution in [0.1, 0.15) is 28.8 Å². The predicted molar refractivity (Wildman–Crippen MR) is 104 cm³/mol. The smallest absolute Gasteiger partial charge is 0.253 e. The lowest BCUT2D eigenvalue weighted by Crippen LogP contribution is -2.47. The Bertz CT molecular complexity index is 1010. The summed E-state index contributed by atoms with van der Waals surface area (Å²) in [5.41, 5.74) is 3.53. The zero-order valence-corrected chi connectivity index (χ0v) is 15.8. The minimum Gasteiger partial charge on any atom is -0.355 e. The summed E-state index contributed by atoms with van der Waals surface area (Å²) in [7, 11) is 0. The minimum absolute atomic E-state index is 0.0193. The van der Waals surface area contributed by atoms with E-state index in [0.29, 0.717) is 50.5 Å². The Kier molecular flexibility index (Phi) is 4.18. The lowest BCUT2D eigenvalue weighted by molar-refractivity contribution is -0.181. The van der Waals surface area contributed by atoms with Gasteiger partial charge in [-0.3, -0.25) is 4.79 Å². The van der Waals surface area contributed by atoms with Gasteiger partial charge in [-0.2, -0.15) is 0 Å². The monoisotopic (exact) mass is 378 g/mol. The predicted octanol–water partition coefficient (Wildman–Crippen LogP) is 3.78.